The molecule has 1 aromatic carbocycles. The number of esters is 1. The Bertz CT molecular complexity index is 1250. The number of H-pyrrole nitrogens is 1. The Hall–Kier alpha value is -2.84. The van der Waals surface area contributed by atoms with Crippen molar-refractivity contribution < 1.29 is 48.6 Å². The lowest BCUT2D eigenvalue weighted by molar-refractivity contribution is -0.339. The highest BCUT2D eigenvalue weighted by Gasteiger charge is 2.48. The molecule has 0 unspecified atom stereocenters. The van der Waals surface area contributed by atoms with Gasteiger partial charge in [0.25, 0.3) is 0 Å². The van der Waals surface area contributed by atoms with Gasteiger partial charge in [0.2, 0.25) is 6.29 Å². The Kier molecular flexibility index (Phi) is 8.06. The second-order valence-electron chi connectivity index (χ2n) is 10.0. The van der Waals surface area contributed by atoms with Crippen LogP contribution in [0, 0.1) is 17.7 Å². The Labute approximate surface area is 223 Å². The number of aliphatic hydroxyl groups excluding tert-OH is 4. The number of aliphatic hydroxyl groups is 4. The second kappa shape index (κ2) is 11.3. The van der Waals surface area contributed by atoms with Crippen LogP contribution in [-0.2, 0) is 30.2 Å². The molecular formula is C27H33FN2O9. The first-order chi connectivity index (χ1) is 18.8. The third-order valence-corrected chi connectivity index (χ3v) is 7.82. The van der Waals surface area contributed by atoms with Gasteiger partial charge in [-0.2, -0.15) is 0 Å². The molecule has 4 heterocycles. The quantitative estimate of drug-likeness (QED) is 0.213. The summed E-state index contributed by atoms with van der Waals surface area (Å²) in [6.45, 7) is 3.98. The summed E-state index contributed by atoms with van der Waals surface area (Å²) in [5.41, 5.74) is 2.92. The van der Waals surface area contributed by atoms with Gasteiger partial charge in [-0.1, -0.05) is 6.08 Å². The number of aromatic amines is 1. The maximum atomic E-state index is 13.9. The molecule has 11 nitrogen and oxygen atoms in total. The van der Waals surface area contributed by atoms with Gasteiger partial charge < -0.3 is 49.7 Å². The van der Waals surface area contributed by atoms with Crippen molar-refractivity contribution in [1.82, 2.24) is 10.3 Å². The van der Waals surface area contributed by atoms with E-state index in [9.17, 15) is 29.6 Å². The number of methoxy groups -OCH3 is 1. The molecule has 0 aliphatic carbocycles. The van der Waals surface area contributed by atoms with Crippen molar-refractivity contribution in [1.29, 1.82) is 0 Å². The Morgan fingerprint density at radius 2 is 2.03 bits per heavy atom. The van der Waals surface area contributed by atoms with Crippen LogP contribution in [0.4, 0.5) is 4.39 Å². The van der Waals surface area contributed by atoms with E-state index in [1.54, 1.807) is 12.1 Å². The summed E-state index contributed by atoms with van der Waals surface area (Å²) < 4.78 is 36.0. The minimum atomic E-state index is -1.63. The van der Waals surface area contributed by atoms with Crippen molar-refractivity contribution >= 4 is 16.9 Å². The molecule has 0 amide bonds. The minimum Gasteiger partial charge on any atom is -0.471 e. The van der Waals surface area contributed by atoms with Crippen LogP contribution in [0.25, 0.3) is 10.9 Å². The lowest BCUT2D eigenvalue weighted by Gasteiger charge is -2.43. The van der Waals surface area contributed by atoms with Crippen LogP contribution < -0.4 is 5.32 Å². The molecule has 39 heavy (non-hydrogen) atoms. The van der Waals surface area contributed by atoms with Crippen LogP contribution in [-0.4, -0.2) is 88.6 Å². The van der Waals surface area contributed by atoms with Crippen LogP contribution in [0.3, 0.4) is 0 Å². The molecule has 1 saturated heterocycles. The van der Waals surface area contributed by atoms with E-state index in [1.807, 2.05) is 0 Å². The lowest BCUT2D eigenvalue weighted by Crippen LogP contribution is -2.60. The zero-order valence-electron chi connectivity index (χ0n) is 21.3. The molecule has 0 radical (unpaired) electrons. The van der Waals surface area contributed by atoms with Crippen LogP contribution in [0.15, 0.2) is 42.7 Å². The topological polar surface area (TPSA) is 163 Å². The van der Waals surface area contributed by atoms with Crippen molar-refractivity contribution in [2.24, 2.45) is 11.8 Å². The zero-order chi connectivity index (χ0) is 27.8. The summed E-state index contributed by atoms with van der Waals surface area (Å²) in [6.07, 6.45) is -4.54. The van der Waals surface area contributed by atoms with E-state index in [0.717, 1.165) is 23.1 Å². The Balaban J connectivity index is 1.43. The molecule has 5 rings (SSSR count). The van der Waals surface area contributed by atoms with Crippen molar-refractivity contribution in [2.75, 3.05) is 20.3 Å². The summed E-state index contributed by atoms with van der Waals surface area (Å²) >= 11 is 0. The number of rotatable bonds is 7. The summed E-state index contributed by atoms with van der Waals surface area (Å²) in [4.78, 5) is 16.1. The maximum absolute atomic E-state index is 13.9. The number of carbonyl (C=O) groups excluding carboxylic acids is 1. The normalized spacial score (nSPS) is 34.6. The van der Waals surface area contributed by atoms with Crippen LogP contribution in [0.5, 0.6) is 0 Å². The maximum Gasteiger partial charge on any atom is 0.337 e. The van der Waals surface area contributed by atoms with Gasteiger partial charge in [0.15, 0.2) is 6.29 Å². The highest BCUT2D eigenvalue weighted by molar-refractivity contribution is 5.89. The van der Waals surface area contributed by atoms with Gasteiger partial charge in [-0.25, -0.2) is 9.18 Å². The van der Waals surface area contributed by atoms with Crippen LogP contribution >= 0.6 is 0 Å². The summed E-state index contributed by atoms with van der Waals surface area (Å²) in [7, 11) is 1.27. The molecule has 2 aromatic rings. The largest absolute Gasteiger partial charge is 0.471 e. The second-order valence-corrected chi connectivity index (χ2v) is 10.0. The molecule has 1 fully saturated rings. The number of halogens is 1. The average Bonchev–Trinajstić information content (AvgIpc) is 3.31. The number of ether oxygens (including phenoxy) is 4. The summed E-state index contributed by atoms with van der Waals surface area (Å²) in [5, 5.41) is 44.6. The zero-order valence-corrected chi connectivity index (χ0v) is 21.3. The number of hydrogen-bond donors (Lipinski definition) is 6. The lowest BCUT2D eigenvalue weighted by atomic mass is 9.78. The molecule has 0 spiro atoms. The van der Waals surface area contributed by atoms with E-state index < -0.39 is 61.4 Å². The molecule has 0 saturated carbocycles. The monoisotopic (exact) mass is 548 g/mol. The average molecular weight is 549 g/mol. The smallest absolute Gasteiger partial charge is 0.337 e. The highest BCUT2D eigenvalue weighted by atomic mass is 19.1. The van der Waals surface area contributed by atoms with Gasteiger partial charge in [-0.15, -0.1) is 6.58 Å². The van der Waals surface area contributed by atoms with Gasteiger partial charge in [-0.3, -0.25) is 0 Å². The number of nitrogens with one attached hydrogen (secondary N) is 2. The van der Waals surface area contributed by atoms with Gasteiger partial charge in [0.1, 0.15) is 30.2 Å². The number of fused-ring (bicyclic) bond motifs is 3. The van der Waals surface area contributed by atoms with Gasteiger partial charge in [0.05, 0.1) is 25.6 Å². The molecule has 6 N–H and O–H groups in total. The first-order valence-corrected chi connectivity index (χ1v) is 12.8. The fourth-order valence-electron chi connectivity index (χ4n) is 5.77. The van der Waals surface area contributed by atoms with E-state index in [-0.39, 0.29) is 17.4 Å². The molecule has 9 atom stereocenters. The molecule has 1 aromatic heterocycles. The Morgan fingerprint density at radius 3 is 2.74 bits per heavy atom. The van der Waals surface area contributed by atoms with E-state index in [1.165, 1.54) is 25.5 Å². The molecular weight excluding hydrogens is 515 g/mol. The molecule has 3 aliphatic rings. The van der Waals surface area contributed by atoms with Crippen molar-refractivity contribution in [3.63, 3.8) is 0 Å². The minimum absolute atomic E-state index is 0.240. The van der Waals surface area contributed by atoms with E-state index in [4.69, 9.17) is 18.9 Å². The third kappa shape index (κ3) is 5.09. The van der Waals surface area contributed by atoms with Gasteiger partial charge >= 0.3 is 5.97 Å². The fourth-order valence-corrected chi connectivity index (χ4v) is 5.77. The molecule has 0 bridgehead atoms. The fraction of sp³-hybridized carbons (Fsp3) is 0.519. The van der Waals surface area contributed by atoms with E-state index in [0.29, 0.717) is 18.5 Å². The van der Waals surface area contributed by atoms with E-state index in [2.05, 4.69) is 16.9 Å². The standard InChI is InChI=1S/C27H33FN2O9/c1-3-13-16(9-19-21-15(6-7-29-19)14-5-4-12(28)8-18(14)30-21)17(25(35)36-2)11-37-26(13)39-27-24(34)23(33)22(32)20(10-31)38-27/h3-5,8,11,13,16,19-20,22-24,26-27,29-34H,1,6-7,9-10H2,2H3/t13-,16+,19+,20-,22-,23+,24-,26+,27+/m1/s1. The van der Waals surface area contributed by atoms with Crippen molar-refractivity contribution in [3.8, 4) is 0 Å². The third-order valence-electron chi connectivity index (χ3n) is 7.82. The van der Waals surface area contributed by atoms with Crippen LogP contribution in [0.2, 0.25) is 0 Å². The van der Waals surface area contributed by atoms with Gasteiger partial charge in [0, 0.05) is 34.5 Å². The number of hydrogen-bond acceptors (Lipinski definition) is 10. The SMILES string of the molecule is C=C[C@H]1[C@H](O[C@@H]2O[C@H](CO)[C@@H](O)[C@H](O)[C@H]2O)OC=C(C(=O)OC)[C@H]1C[C@@H]1NCCc2c1[nH]c1cc(F)ccc21. The number of benzene rings is 1. The molecule has 12 heteroatoms. The van der Waals surface area contributed by atoms with Gasteiger partial charge in [-0.05, 0) is 43.1 Å². The summed E-state index contributed by atoms with van der Waals surface area (Å²) in [6, 6.07) is 4.40. The first kappa shape index (κ1) is 27.7. The predicted molar refractivity (Wildman–Crippen MR) is 134 cm³/mol. The highest BCUT2D eigenvalue weighted by Crippen LogP contribution is 2.42. The van der Waals surface area contributed by atoms with Crippen molar-refractivity contribution in [2.45, 2.75) is 55.9 Å². The first-order valence-electron chi connectivity index (χ1n) is 12.8. The molecule has 212 valence electrons. The number of carbonyl (C=O) groups is 1. The Morgan fingerprint density at radius 1 is 1.23 bits per heavy atom. The molecule has 3 aliphatic heterocycles. The van der Waals surface area contributed by atoms with Crippen molar-refractivity contribution in [3.05, 3.63) is 59.8 Å². The van der Waals surface area contributed by atoms with Crippen LogP contribution in [0.1, 0.15) is 23.7 Å². The number of aromatic nitrogens is 1. The predicted octanol–water partition coefficient (Wildman–Crippen LogP) is 0.532. The van der Waals surface area contributed by atoms with E-state index >= 15 is 0 Å². The summed E-state index contributed by atoms with van der Waals surface area (Å²) in [5.74, 6) is -2.09.